The van der Waals surface area contributed by atoms with Crippen molar-refractivity contribution in [3.8, 4) is 0 Å². The van der Waals surface area contributed by atoms with E-state index in [0.29, 0.717) is 10.7 Å². The van der Waals surface area contributed by atoms with Crippen LogP contribution < -0.4 is 10.6 Å². The Kier molecular flexibility index (Phi) is 8.64. The monoisotopic (exact) mass is 564 g/mol. The summed E-state index contributed by atoms with van der Waals surface area (Å²) in [6, 6.07) is 31.9. The van der Waals surface area contributed by atoms with E-state index in [1.807, 2.05) is 91.0 Å². The molecular formula is C28H22BrClN2O2S. The van der Waals surface area contributed by atoms with Gasteiger partial charge in [0.2, 0.25) is 11.8 Å². The zero-order chi connectivity index (χ0) is 24.6. The number of para-hydroxylation sites is 1. The molecule has 0 saturated heterocycles. The highest BCUT2D eigenvalue weighted by Gasteiger charge is 2.22. The van der Waals surface area contributed by atoms with Gasteiger partial charge in [-0.2, -0.15) is 0 Å². The first-order valence-corrected chi connectivity index (χ1v) is 12.9. The third kappa shape index (κ3) is 7.21. The average molecular weight is 566 g/mol. The highest BCUT2D eigenvalue weighted by Crippen LogP contribution is 2.37. The van der Waals surface area contributed by atoms with Crippen molar-refractivity contribution in [2.24, 2.45) is 0 Å². The Morgan fingerprint density at radius 1 is 0.800 bits per heavy atom. The fourth-order valence-corrected chi connectivity index (χ4v) is 4.94. The number of amides is 2. The van der Waals surface area contributed by atoms with Crippen LogP contribution in [0.1, 0.15) is 16.4 Å². The molecule has 0 aliphatic heterocycles. The SMILES string of the molecule is O=C(Cc1ccc(Cl)cc1)Nc1ccc(SC(C(=O)Nc2ccccc2Br)c2ccccc2)cc1. The number of nitrogens with one attached hydrogen (secondary N) is 2. The molecule has 0 radical (unpaired) electrons. The van der Waals surface area contributed by atoms with E-state index >= 15 is 0 Å². The fourth-order valence-electron chi connectivity index (χ4n) is 3.41. The molecule has 0 spiro atoms. The molecule has 0 bridgehead atoms. The van der Waals surface area contributed by atoms with E-state index in [1.165, 1.54) is 11.8 Å². The van der Waals surface area contributed by atoms with Gasteiger partial charge in [0, 0.05) is 20.1 Å². The van der Waals surface area contributed by atoms with E-state index in [9.17, 15) is 9.59 Å². The van der Waals surface area contributed by atoms with Crippen LogP contribution in [0.2, 0.25) is 5.02 Å². The molecule has 0 fully saturated rings. The van der Waals surface area contributed by atoms with Gasteiger partial charge in [0.1, 0.15) is 5.25 Å². The van der Waals surface area contributed by atoms with Crippen molar-refractivity contribution in [3.05, 3.63) is 124 Å². The summed E-state index contributed by atoms with van der Waals surface area (Å²) in [4.78, 5) is 26.6. The van der Waals surface area contributed by atoms with E-state index in [2.05, 4.69) is 26.6 Å². The molecule has 0 aliphatic carbocycles. The molecule has 0 saturated carbocycles. The lowest BCUT2D eigenvalue weighted by Crippen LogP contribution is -2.19. The lowest BCUT2D eigenvalue weighted by atomic mass is 10.1. The number of rotatable bonds is 8. The minimum Gasteiger partial charge on any atom is -0.326 e. The highest BCUT2D eigenvalue weighted by atomic mass is 79.9. The zero-order valence-electron chi connectivity index (χ0n) is 18.6. The van der Waals surface area contributed by atoms with Gasteiger partial charge in [0.05, 0.1) is 12.1 Å². The molecule has 4 aromatic rings. The van der Waals surface area contributed by atoms with Crippen molar-refractivity contribution in [3.63, 3.8) is 0 Å². The predicted molar refractivity (Wildman–Crippen MR) is 148 cm³/mol. The van der Waals surface area contributed by atoms with E-state index < -0.39 is 5.25 Å². The van der Waals surface area contributed by atoms with Crippen LogP contribution in [-0.4, -0.2) is 11.8 Å². The number of anilines is 2. The Morgan fingerprint density at radius 2 is 1.46 bits per heavy atom. The van der Waals surface area contributed by atoms with Crippen LogP contribution in [0.15, 0.2) is 112 Å². The standard InChI is InChI=1S/C28H22BrClN2O2S/c29-24-8-4-5-9-25(24)32-28(34)27(20-6-2-1-3-7-20)35-23-16-14-22(15-17-23)31-26(33)18-19-10-12-21(30)13-11-19/h1-17,27H,18H2,(H,31,33)(H,32,34). The topological polar surface area (TPSA) is 58.2 Å². The normalized spacial score (nSPS) is 11.5. The van der Waals surface area contributed by atoms with E-state index in [0.717, 1.165) is 26.2 Å². The summed E-state index contributed by atoms with van der Waals surface area (Å²) in [5.74, 6) is -0.226. The lowest BCUT2D eigenvalue weighted by Gasteiger charge is -2.18. The van der Waals surface area contributed by atoms with Gasteiger partial charge in [0.15, 0.2) is 0 Å². The summed E-state index contributed by atoms with van der Waals surface area (Å²) < 4.78 is 0.823. The van der Waals surface area contributed by atoms with Gasteiger partial charge in [-0.3, -0.25) is 9.59 Å². The van der Waals surface area contributed by atoms with E-state index in [4.69, 9.17) is 11.6 Å². The molecule has 4 nitrogen and oxygen atoms in total. The minimum atomic E-state index is -0.450. The van der Waals surface area contributed by atoms with Gasteiger partial charge in [-0.1, -0.05) is 66.2 Å². The summed E-state index contributed by atoms with van der Waals surface area (Å²) in [6.07, 6.45) is 0.263. The maximum absolute atomic E-state index is 13.3. The van der Waals surface area contributed by atoms with Gasteiger partial charge in [-0.05, 0) is 75.6 Å². The first kappa shape index (κ1) is 25.0. The van der Waals surface area contributed by atoms with Gasteiger partial charge >= 0.3 is 0 Å². The highest BCUT2D eigenvalue weighted by molar-refractivity contribution is 9.10. The maximum Gasteiger partial charge on any atom is 0.242 e. The van der Waals surface area contributed by atoms with Crippen molar-refractivity contribution in [1.82, 2.24) is 0 Å². The number of thioether (sulfide) groups is 1. The summed E-state index contributed by atoms with van der Waals surface area (Å²) in [5.41, 5.74) is 3.21. The predicted octanol–water partition coefficient (Wildman–Crippen LogP) is 7.76. The molecule has 4 rings (SSSR count). The summed E-state index contributed by atoms with van der Waals surface area (Å²) in [5, 5.41) is 6.12. The van der Waals surface area contributed by atoms with Crippen LogP contribution in [0.5, 0.6) is 0 Å². The molecule has 0 heterocycles. The van der Waals surface area contributed by atoms with Crippen molar-refractivity contribution >= 4 is 62.5 Å². The number of carbonyl (C=O) groups is 2. The van der Waals surface area contributed by atoms with Crippen molar-refractivity contribution in [2.45, 2.75) is 16.6 Å². The average Bonchev–Trinajstić information content (AvgIpc) is 2.87. The summed E-state index contributed by atoms with van der Waals surface area (Å²) in [6.45, 7) is 0. The van der Waals surface area contributed by atoms with Gasteiger partial charge in [-0.25, -0.2) is 0 Å². The molecule has 2 amide bonds. The number of carbonyl (C=O) groups excluding carboxylic acids is 2. The molecule has 1 atom stereocenters. The second kappa shape index (κ2) is 12.1. The molecule has 35 heavy (non-hydrogen) atoms. The molecule has 0 aromatic heterocycles. The molecular weight excluding hydrogens is 544 g/mol. The van der Waals surface area contributed by atoms with Crippen molar-refractivity contribution in [2.75, 3.05) is 10.6 Å². The third-order valence-corrected chi connectivity index (χ3v) is 7.35. The zero-order valence-corrected chi connectivity index (χ0v) is 21.7. The Balaban J connectivity index is 1.44. The summed E-state index contributed by atoms with van der Waals surface area (Å²) >= 11 is 10.8. The first-order chi connectivity index (χ1) is 17.0. The molecule has 2 N–H and O–H groups in total. The van der Waals surface area contributed by atoms with Crippen LogP contribution in [0.25, 0.3) is 0 Å². The Bertz CT molecular complexity index is 1300. The Labute approximate surface area is 222 Å². The van der Waals surface area contributed by atoms with E-state index in [1.54, 1.807) is 12.1 Å². The van der Waals surface area contributed by atoms with Crippen LogP contribution in [0, 0.1) is 0 Å². The number of halogens is 2. The Morgan fingerprint density at radius 3 is 2.14 bits per heavy atom. The van der Waals surface area contributed by atoms with Crippen LogP contribution in [0.3, 0.4) is 0 Å². The molecule has 7 heteroatoms. The minimum absolute atomic E-state index is 0.109. The third-order valence-electron chi connectivity index (χ3n) is 5.14. The molecule has 176 valence electrons. The Hall–Kier alpha value is -3.06. The molecule has 4 aromatic carbocycles. The van der Waals surface area contributed by atoms with Gasteiger partial charge in [-0.15, -0.1) is 11.8 Å². The second-order valence-corrected chi connectivity index (χ2v) is 10.2. The van der Waals surface area contributed by atoms with Crippen LogP contribution in [0.4, 0.5) is 11.4 Å². The fraction of sp³-hybridized carbons (Fsp3) is 0.0714. The molecule has 0 aliphatic rings. The lowest BCUT2D eigenvalue weighted by molar-refractivity contribution is -0.116. The van der Waals surface area contributed by atoms with Crippen molar-refractivity contribution in [1.29, 1.82) is 0 Å². The van der Waals surface area contributed by atoms with Gasteiger partial charge in [0.25, 0.3) is 0 Å². The number of benzene rings is 4. The summed E-state index contributed by atoms with van der Waals surface area (Å²) in [7, 11) is 0. The quantitative estimate of drug-likeness (QED) is 0.215. The van der Waals surface area contributed by atoms with Crippen LogP contribution >= 0.6 is 39.3 Å². The van der Waals surface area contributed by atoms with Crippen molar-refractivity contribution < 1.29 is 9.59 Å². The molecule has 1 unspecified atom stereocenters. The van der Waals surface area contributed by atoms with E-state index in [-0.39, 0.29) is 18.2 Å². The second-order valence-electron chi connectivity index (χ2n) is 7.75. The maximum atomic E-state index is 13.3. The van der Waals surface area contributed by atoms with Crippen LogP contribution in [-0.2, 0) is 16.0 Å². The largest absolute Gasteiger partial charge is 0.326 e. The number of hydrogen-bond acceptors (Lipinski definition) is 3. The van der Waals surface area contributed by atoms with Gasteiger partial charge < -0.3 is 10.6 Å². The smallest absolute Gasteiger partial charge is 0.242 e. The first-order valence-electron chi connectivity index (χ1n) is 10.9. The number of hydrogen-bond donors (Lipinski definition) is 2.